The second kappa shape index (κ2) is 9.22. The quantitative estimate of drug-likeness (QED) is 0.635. The first-order valence-electron chi connectivity index (χ1n) is 11.1. The van der Waals surface area contributed by atoms with E-state index in [1.54, 1.807) is 17.0 Å². The van der Waals surface area contributed by atoms with E-state index in [-0.39, 0.29) is 24.1 Å². The van der Waals surface area contributed by atoms with Gasteiger partial charge in [0.05, 0.1) is 20.2 Å². The van der Waals surface area contributed by atoms with Gasteiger partial charge in [-0.05, 0) is 37.1 Å². The van der Waals surface area contributed by atoms with Crippen LogP contribution >= 0.6 is 0 Å². The molecule has 3 aliphatic heterocycles. The fraction of sp³-hybridized carbons (Fsp3) is 0.500. The van der Waals surface area contributed by atoms with Crippen LogP contribution in [0.4, 0.5) is 21.0 Å². The summed E-state index contributed by atoms with van der Waals surface area (Å²) in [4.78, 5) is 25.9. The molecule has 2 fully saturated rings. The van der Waals surface area contributed by atoms with Crippen LogP contribution in [-0.4, -0.2) is 76.7 Å². The van der Waals surface area contributed by atoms with E-state index in [9.17, 15) is 13.7 Å². The molecule has 1 unspecified atom stereocenters. The van der Waals surface area contributed by atoms with Gasteiger partial charge in [0.2, 0.25) is 5.95 Å². The number of carbonyl (C=O) groups is 1. The number of fused-ring (bicyclic) bond motifs is 1. The number of halogens is 1. The molecular formula is C22H27FN5O4S+. The van der Waals surface area contributed by atoms with Gasteiger partial charge in [0, 0.05) is 25.6 Å². The topological polar surface area (TPSA) is 100 Å². The first-order valence-corrected chi connectivity index (χ1v) is 12.4. The predicted molar refractivity (Wildman–Crippen MR) is 123 cm³/mol. The Kier molecular flexibility index (Phi) is 6.15. The maximum atomic E-state index is 13.1. The van der Waals surface area contributed by atoms with E-state index in [4.69, 9.17) is 19.4 Å². The lowest BCUT2D eigenvalue weighted by Gasteiger charge is -2.39. The first kappa shape index (κ1) is 22.0. The van der Waals surface area contributed by atoms with Crippen molar-refractivity contribution in [3.05, 3.63) is 35.8 Å². The Morgan fingerprint density at radius 2 is 2.03 bits per heavy atom. The molecule has 0 spiro atoms. The third kappa shape index (κ3) is 4.65. The van der Waals surface area contributed by atoms with Crippen molar-refractivity contribution < 1.29 is 23.2 Å². The van der Waals surface area contributed by atoms with Crippen LogP contribution in [0.25, 0.3) is 0 Å². The zero-order chi connectivity index (χ0) is 22.9. The Morgan fingerprint density at radius 1 is 1.24 bits per heavy atom. The minimum Gasteiger partial charge on any atom is -0.487 e. The van der Waals surface area contributed by atoms with Gasteiger partial charge in [-0.25, -0.2) is 14.2 Å². The third-order valence-corrected chi connectivity index (χ3v) is 7.63. The van der Waals surface area contributed by atoms with Gasteiger partial charge < -0.3 is 24.6 Å². The Labute approximate surface area is 194 Å². The fourth-order valence-electron chi connectivity index (χ4n) is 4.40. The standard InChI is InChI=1S/C22H27FN5O4S/c1-31-22(29)27-9-2-3-15(11-27)24-20-19-18(8-10-33(19)30)25-21(26-20)28-12-17(13-28)32-16-6-4-14(23)5-7-16/h4-7,15,17,30H,2-3,8-13H2,1H3,(H,24,25,26)/q+1/t15-,33?/m0/s1. The van der Waals surface area contributed by atoms with E-state index in [1.807, 2.05) is 4.90 Å². The molecule has 0 aliphatic carbocycles. The lowest BCUT2D eigenvalue weighted by Crippen LogP contribution is -2.54. The van der Waals surface area contributed by atoms with Crippen LogP contribution in [0, 0.1) is 5.82 Å². The molecule has 2 aromatic rings. The van der Waals surface area contributed by atoms with Gasteiger partial charge in [-0.15, -0.1) is 0 Å². The lowest BCUT2D eigenvalue weighted by molar-refractivity contribution is 0.113. The highest BCUT2D eigenvalue weighted by Crippen LogP contribution is 2.34. The van der Waals surface area contributed by atoms with E-state index >= 15 is 0 Å². The van der Waals surface area contributed by atoms with Gasteiger partial charge in [-0.1, -0.05) is 0 Å². The van der Waals surface area contributed by atoms with Crippen molar-refractivity contribution in [1.29, 1.82) is 0 Å². The Hall–Kier alpha value is -2.79. The van der Waals surface area contributed by atoms with Crippen LogP contribution in [0.2, 0.25) is 0 Å². The number of methoxy groups -OCH3 is 1. The Bertz CT molecular complexity index is 1020. The van der Waals surface area contributed by atoms with Crippen LogP contribution in [0.5, 0.6) is 5.75 Å². The molecule has 176 valence electrons. The summed E-state index contributed by atoms with van der Waals surface area (Å²) in [7, 11) is 1.39. The summed E-state index contributed by atoms with van der Waals surface area (Å²) in [5.41, 5.74) is 0.872. The summed E-state index contributed by atoms with van der Waals surface area (Å²) in [6.07, 6.45) is 2.12. The number of aryl methyl sites for hydroxylation is 1. The number of likely N-dealkylation sites (tertiary alicyclic amines) is 1. The Balaban J connectivity index is 1.28. The van der Waals surface area contributed by atoms with Crippen LogP contribution in [0.1, 0.15) is 18.5 Å². The smallest absolute Gasteiger partial charge is 0.409 e. The minimum absolute atomic E-state index is 0.0215. The van der Waals surface area contributed by atoms with E-state index in [0.717, 1.165) is 23.4 Å². The van der Waals surface area contributed by atoms with Crippen LogP contribution in [0.3, 0.4) is 0 Å². The molecule has 0 bridgehead atoms. The highest BCUT2D eigenvalue weighted by atomic mass is 32.2. The highest BCUT2D eigenvalue weighted by molar-refractivity contribution is 7.92. The van der Waals surface area contributed by atoms with Gasteiger partial charge in [-0.2, -0.15) is 9.54 Å². The SMILES string of the molecule is COC(=O)N1CCC[C@H](Nc2nc(N3CC(Oc4ccc(F)cc4)C3)nc3c2[S+](O)CC3)C1. The number of benzene rings is 1. The van der Waals surface area contributed by atoms with E-state index < -0.39 is 11.2 Å². The summed E-state index contributed by atoms with van der Waals surface area (Å²) in [6.45, 7) is 2.45. The van der Waals surface area contributed by atoms with Gasteiger partial charge in [0.25, 0.3) is 4.90 Å². The monoisotopic (exact) mass is 476 g/mol. The maximum Gasteiger partial charge on any atom is 0.409 e. The second-order valence-corrected chi connectivity index (χ2v) is 10.0. The largest absolute Gasteiger partial charge is 0.487 e. The normalized spacial score (nSPS) is 22.5. The van der Waals surface area contributed by atoms with E-state index in [2.05, 4.69) is 5.32 Å². The molecule has 2 saturated heterocycles. The first-order chi connectivity index (χ1) is 16.0. The second-order valence-electron chi connectivity index (χ2n) is 8.47. The molecule has 1 aromatic carbocycles. The molecule has 9 nitrogen and oxygen atoms in total. The van der Waals surface area contributed by atoms with Gasteiger partial charge in [0.1, 0.15) is 23.4 Å². The van der Waals surface area contributed by atoms with Gasteiger partial charge in [0.15, 0.2) is 22.7 Å². The zero-order valence-corrected chi connectivity index (χ0v) is 19.2. The number of aromatic nitrogens is 2. The lowest BCUT2D eigenvalue weighted by atomic mass is 10.1. The molecule has 3 aliphatic rings. The number of hydrogen-bond donors (Lipinski definition) is 2. The van der Waals surface area contributed by atoms with Crippen molar-refractivity contribution in [3.63, 3.8) is 0 Å². The molecule has 1 amide bonds. The zero-order valence-electron chi connectivity index (χ0n) is 18.4. The molecule has 0 radical (unpaired) electrons. The number of piperidine rings is 1. The number of amides is 1. The molecule has 11 heteroatoms. The third-order valence-electron chi connectivity index (χ3n) is 6.13. The number of nitrogens with one attached hydrogen (secondary N) is 1. The van der Waals surface area contributed by atoms with Gasteiger partial charge in [-0.3, -0.25) is 0 Å². The van der Waals surface area contributed by atoms with Crippen LogP contribution in [-0.2, 0) is 22.3 Å². The number of ether oxygens (including phenoxy) is 2. The highest BCUT2D eigenvalue weighted by Gasteiger charge is 2.40. The molecule has 1 aromatic heterocycles. The van der Waals surface area contributed by atoms with Crippen molar-refractivity contribution in [2.24, 2.45) is 0 Å². The van der Waals surface area contributed by atoms with Crippen molar-refractivity contribution in [2.75, 3.05) is 49.3 Å². The molecule has 2 atom stereocenters. The molecule has 0 saturated carbocycles. The fourth-order valence-corrected chi connectivity index (χ4v) is 5.74. The summed E-state index contributed by atoms with van der Waals surface area (Å²) in [6, 6.07) is 6.03. The number of anilines is 2. The molecule has 33 heavy (non-hydrogen) atoms. The summed E-state index contributed by atoms with van der Waals surface area (Å²) in [5, 5.41) is 3.47. The number of hydrogen-bond acceptors (Lipinski definition) is 8. The average Bonchev–Trinajstić information content (AvgIpc) is 3.17. The van der Waals surface area contributed by atoms with E-state index in [0.29, 0.717) is 55.9 Å². The van der Waals surface area contributed by atoms with E-state index in [1.165, 1.54) is 19.2 Å². The Morgan fingerprint density at radius 3 is 2.79 bits per heavy atom. The van der Waals surface area contributed by atoms with Crippen molar-refractivity contribution in [2.45, 2.75) is 36.3 Å². The summed E-state index contributed by atoms with van der Waals surface area (Å²) in [5.74, 6) is 2.25. The number of carbonyl (C=O) groups excluding carboxylic acids is 1. The van der Waals surface area contributed by atoms with Crippen LogP contribution in [0.15, 0.2) is 29.2 Å². The average molecular weight is 477 g/mol. The summed E-state index contributed by atoms with van der Waals surface area (Å²) < 4.78 is 34.4. The number of rotatable bonds is 5. The van der Waals surface area contributed by atoms with Crippen LogP contribution < -0.4 is 15.0 Å². The molecule has 5 rings (SSSR count). The van der Waals surface area contributed by atoms with Crippen molar-refractivity contribution in [1.82, 2.24) is 14.9 Å². The predicted octanol–water partition coefficient (Wildman–Crippen LogP) is 2.53. The van der Waals surface area contributed by atoms with Crippen molar-refractivity contribution in [3.8, 4) is 5.75 Å². The maximum absolute atomic E-state index is 13.1. The minimum atomic E-state index is -0.890. The molecule has 4 heterocycles. The number of nitrogens with zero attached hydrogens (tertiary/aromatic N) is 4. The molecule has 2 N–H and O–H groups in total. The van der Waals surface area contributed by atoms with Gasteiger partial charge >= 0.3 is 6.09 Å². The van der Waals surface area contributed by atoms with Crippen molar-refractivity contribution >= 4 is 29.0 Å². The summed E-state index contributed by atoms with van der Waals surface area (Å²) >= 11 is -0.890. The molecular weight excluding hydrogens is 449 g/mol.